The largest absolute Gasteiger partial charge is 0.511 e. The van der Waals surface area contributed by atoms with Gasteiger partial charge in [-0.3, -0.25) is 14.4 Å². The number of carbonyl (C=O) groups excluding carboxylic acids is 3. The molecule has 3 aliphatic rings. The van der Waals surface area contributed by atoms with Crippen molar-refractivity contribution in [2.75, 3.05) is 5.75 Å². The molecule has 0 spiro atoms. The average molecular weight is 524 g/mol. The molecule has 0 heterocycles. The lowest BCUT2D eigenvalue weighted by Crippen LogP contribution is -2.62. The quantitative estimate of drug-likeness (QED) is 0.320. The Morgan fingerprint density at radius 1 is 1.05 bits per heavy atom. The van der Waals surface area contributed by atoms with Crippen LogP contribution in [0.4, 0.5) is 0 Å². The van der Waals surface area contributed by atoms with Gasteiger partial charge >= 0.3 is 0 Å². The standard InChI is InChI=1S/C27H25NO8S/c28-26(35)20-17(30)9-15-22(31)19-14(11-37-10-12-5-2-1-3-6-12)13-7-4-8-16(29)18(13)23(32)21(19)25(34)27(15,36)24(20)33/h1-8,14-15,19,22,29-31,34,36H,9-11H2,(H2,28,35)/t14-,15+,19+,22+,27+/m0/s1. The number of aliphatic hydroxyl groups is 4. The first-order valence-electron chi connectivity index (χ1n) is 11.7. The van der Waals surface area contributed by atoms with Crippen molar-refractivity contribution in [2.45, 2.75) is 29.8 Å². The van der Waals surface area contributed by atoms with E-state index in [0.717, 1.165) is 5.56 Å². The fraction of sp³-hybridized carbons (Fsp3) is 0.296. The summed E-state index contributed by atoms with van der Waals surface area (Å²) in [6, 6.07) is 14.2. The molecule has 2 aromatic rings. The average Bonchev–Trinajstić information content (AvgIpc) is 2.86. The number of Topliss-reactive ketones (excluding diaryl/α,β-unsaturated/α-hetero) is 2. The van der Waals surface area contributed by atoms with Gasteiger partial charge in [0.2, 0.25) is 5.78 Å². The fourth-order valence-corrected chi connectivity index (χ4v) is 7.04. The van der Waals surface area contributed by atoms with Gasteiger partial charge in [-0.05, 0) is 17.2 Å². The van der Waals surface area contributed by atoms with Crippen LogP contribution in [0.5, 0.6) is 5.75 Å². The Bertz CT molecular complexity index is 1380. The minimum atomic E-state index is -2.85. The number of fused-ring (bicyclic) bond motifs is 3. The molecular formula is C27H25NO8S. The molecule has 2 aromatic carbocycles. The van der Waals surface area contributed by atoms with Gasteiger partial charge in [0.1, 0.15) is 22.8 Å². The smallest absolute Gasteiger partial charge is 0.255 e. The van der Waals surface area contributed by atoms with Crippen LogP contribution in [0.2, 0.25) is 0 Å². The molecule has 0 radical (unpaired) electrons. The van der Waals surface area contributed by atoms with Gasteiger partial charge in [-0.1, -0.05) is 42.5 Å². The Morgan fingerprint density at radius 2 is 1.76 bits per heavy atom. The van der Waals surface area contributed by atoms with Gasteiger partial charge in [0.05, 0.1) is 11.7 Å². The first-order chi connectivity index (χ1) is 17.6. The highest BCUT2D eigenvalue weighted by Crippen LogP contribution is 2.55. The van der Waals surface area contributed by atoms with Gasteiger partial charge in [-0.15, -0.1) is 0 Å². The van der Waals surface area contributed by atoms with Crippen LogP contribution in [0, 0.1) is 11.8 Å². The first kappa shape index (κ1) is 25.1. The normalized spacial score (nSPS) is 29.0. The number of phenolic OH excluding ortho intramolecular Hbond substituents is 1. The number of aromatic hydroxyl groups is 1. The third-order valence-electron chi connectivity index (χ3n) is 7.58. The van der Waals surface area contributed by atoms with E-state index in [0.29, 0.717) is 17.1 Å². The molecule has 0 fully saturated rings. The van der Waals surface area contributed by atoms with Crippen LogP contribution in [0.1, 0.15) is 33.8 Å². The highest BCUT2D eigenvalue weighted by molar-refractivity contribution is 7.98. The number of rotatable bonds is 5. The predicted molar refractivity (Wildman–Crippen MR) is 134 cm³/mol. The van der Waals surface area contributed by atoms with Gasteiger partial charge in [-0.2, -0.15) is 11.8 Å². The van der Waals surface area contributed by atoms with Crippen molar-refractivity contribution in [3.8, 4) is 5.75 Å². The van der Waals surface area contributed by atoms with Crippen LogP contribution >= 0.6 is 11.8 Å². The zero-order valence-corrected chi connectivity index (χ0v) is 20.3. The lowest BCUT2D eigenvalue weighted by molar-refractivity contribution is -0.154. The topological polar surface area (TPSA) is 178 Å². The van der Waals surface area contributed by atoms with Gasteiger partial charge in [-0.25, -0.2) is 0 Å². The second-order valence-electron chi connectivity index (χ2n) is 9.55. The van der Waals surface area contributed by atoms with E-state index in [9.17, 15) is 39.9 Å². The molecule has 0 saturated carbocycles. The van der Waals surface area contributed by atoms with E-state index in [4.69, 9.17) is 5.73 Å². The molecule has 0 bridgehead atoms. The number of hydrogen-bond acceptors (Lipinski definition) is 9. The lowest BCUT2D eigenvalue weighted by atomic mass is 9.56. The highest BCUT2D eigenvalue weighted by atomic mass is 32.2. The van der Waals surface area contributed by atoms with Crippen molar-refractivity contribution < 1.29 is 39.9 Å². The molecule has 7 N–H and O–H groups in total. The summed E-state index contributed by atoms with van der Waals surface area (Å²) in [4.78, 5) is 38.6. The molecular weight excluding hydrogens is 498 g/mol. The van der Waals surface area contributed by atoms with E-state index in [-0.39, 0.29) is 11.3 Å². The number of amides is 1. The van der Waals surface area contributed by atoms with Crippen LogP contribution in [-0.2, 0) is 15.3 Å². The first-order valence-corrected chi connectivity index (χ1v) is 12.8. The molecule has 0 aliphatic heterocycles. The van der Waals surface area contributed by atoms with Crippen LogP contribution in [0.15, 0.2) is 71.2 Å². The summed E-state index contributed by atoms with van der Waals surface area (Å²) in [6.07, 6.45) is -2.07. The van der Waals surface area contributed by atoms with Gasteiger partial charge < -0.3 is 31.3 Å². The van der Waals surface area contributed by atoms with E-state index in [2.05, 4.69) is 0 Å². The zero-order valence-electron chi connectivity index (χ0n) is 19.5. The Kier molecular flexibility index (Phi) is 6.13. The Labute approximate surface area is 215 Å². The number of hydrogen-bond donors (Lipinski definition) is 6. The molecule has 1 amide bonds. The summed E-state index contributed by atoms with van der Waals surface area (Å²) in [6.45, 7) is 0. The third kappa shape index (κ3) is 3.66. The van der Waals surface area contributed by atoms with Crippen molar-refractivity contribution in [3.05, 3.63) is 87.9 Å². The zero-order chi connectivity index (χ0) is 26.6. The fourth-order valence-electron chi connectivity index (χ4n) is 5.85. The summed E-state index contributed by atoms with van der Waals surface area (Å²) in [5, 5.41) is 55.2. The second-order valence-corrected chi connectivity index (χ2v) is 10.6. The minimum absolute atomic E-state index is 0.0865. The minimum Gasteiger partial charge on any atom is -0.511 e. The maximum Gasteiger partial charge on any atom is 0.255 e. The highest BCUT2D eigenvalue weighted by Gasteiger charge is 2.64. The Balaban J connectivity index is 1.64. The number of benzene rings is 2. The second kappa shape index (κ2) is 9.05. The van der Waals surface area contributed by atoms with Crippen molar-refractivity contribution in [1.82, 2.24) is 0 Å². The summed E-state index contributed by atoms with van der Waals surface area (Å²) >= 11 is 1.52. The maximum absolute atomic E-state index is 13.6. The van der Waals surface area contributed by atoms with Crippen molar-refractivity contribution in [1.29, 1.82) is 0 Å². The number of carbonyl (C=O) groups is 3. The van der Waals surface area contributed by atoms with E-state index in [1.807, 2.05) is 30.3 Å². The van der Waals surface area contributed by atoms with Gasteiger partial charge in [0.25, 0.3) is 5.91 Å². The number of aliphatic hydroxyl groups excluding tert-OH is 3. The monoisotopic (exact) mass is 523 g/mol. The van der Waals surface area contributed by atoms with Crippen LogP contribution in [0.3, 0.4) is 0 Å². The molecule has 10 heteroatoms. The van der Waals surface area contributed by atoms with E-state index < -0.39 is 76.0 Å². The summed E-state index contributed by atoms with van der Waals surface area (Å²) in [5.74, 6) is -7.67. The van der Waals surface area contributed by atoms with Crippen molar-refractivity contribution in [3.63, 3.8) is 0 Å². The van der Waals surface area contributed by atoms with Crippen molar-refractivity contribution in [2.24, 2.45) is 17.6 Å². The Morgan fingerprint density at radius 3 is 2.43 bits per heavy atom. The Hall–Kier alpha value is -3.60. The van der Waals surface area contributed by atoms with E-state index in [1.54, 1.807) is 12.1 Å². The molecule has 3 aliphatic carbocycles. The predicted octanol–water partition coefficient (Wildman–Crippen LogP) is 2.03. The number of thioether (sulfide) groups is 1. The van der Waals surface area contributed by atoms with Crippen LogP contribution < -0.4 is 5.73 Å². The number of primary amides is 1. The molecule has 192 valence electrons. The number of nitrogens with two attached hydrogens (primary N) is 1. The van der Waals surface area contributed by atoms with Crippen LogP contribution in [0.25, 0.3) is 0 Å². The molecule has 0 unspecified atom stereocenters. The van der Waals surface area contributed by atoms with Crippen molar-refractivity contribution >= 4 is 29.2 Å². The third-order valence-corrected chi connectivity index (χ3v) is 8.71. The van der Waals surface area contributed by atoms with E-state index in [1.165, 1.54) is 17.8 Å². The molecule has 5 rings (SSSR count). The molecule has 0 aromatic heterocycles. The molecule has 37 heavy (non-hydrogen) atoms. The SMILES string of the molecule is NC(=O)C1=C(O)C[C@@H]2[C@@H](O)[C@H]3C(=C(O)[C@]2(O)C1=O)C(=O)c1c(O)cccc1[C@@H]3CSCc1ccccc1. The molecule has 0 saturated heterocycles. The van der Waals surface area contributed by atoms with Crippen LogP contribution in [-0.4, -0.2) is 60.5 Å². The molecule has 9 nitrogen and oxygen atoms in total. The van der Waals surface area contributed by atoms with Gasteiger partial charge in [0.15, 0.2) is 11.4 Å². The lowest BCUT2D eigenvalue weighted by Gasteiger charge is -2.50. The summed E-state index contributed by atoms with van der Waals surface area (Å²) < 4.78 is 0. The number of allylic oxidation sites excluding steroid dienone is 1. The van der Waals surface area contributed by atoms with E-state index >= 15 is 0 Å². The summed E-state index contributed by atoms with van der Waals surface area (Å²) in [5.41, 5.74) is 2.53. The summed E-state index contributed by atoms with van der Waals surface area (Å²) in [7, 11) is 0. The number of phenols is 1. The maximum atomic E-state index is 13.6. The number of ketones is 2. The molecule has 5 atom stereocenters. The van der Waals surface area contributed by atoms with Gasteiger partial charge in [0, 0.05) is 41.3 Å².